The highest BCUT2D eigenvalue weighted by molar-refractivity contribution is 6.05. The summed E-state index contributed by atoms with van der Waals surface area (Å²) in [6.07, 6.45) is 2.99. The van der Waals surface area contributed by atoms with E-state index in [1.165, 1.54) is 0 Å². The van der Waals surface area contributed by atoms with Gasteiger partial charge in [-0.25, -0.2) is 0 Å². The summed E-state index contributed by atoms with van der Waals surface area (Å²) in [5.41, 5.74) is 3.04. The summed E-state index contributed by atoms with van der Waals surface area (Å²) in [5.74, 6) is 0.113. The van der Waals surface area contributed by atoms with Crippen molar-refractivity contribution in [2.45, 2.75) is 32.2 Å². The highest BCUT2D eigenvalue weighted by Gasteiger charge is 2.22. The molecule has 1 N–H and O–H groups in total. The van der Waals surface area contributed by atoms with Crippen molar-refractivity contribution in [3.05, 3.63) is 59.7 Å². The summed E-state index contributed by atoms with van der Waals surface area (Å²) in [4.78, 5) is 39.8. The largest absolute Gasteiger partial charge is 0.338 e. The van der Waals surface area contributed by atoms with Gasteiger partial charge in [-0.1, -0.05) is 18.2 Å². The maximum absolute atomic E-state index is 12.6. The number of hydrogen-bond donors (Lipinski definition) is 1. The zero-order valence-electron chi connectivity index (χ0n) is 15.7. The number of carbonyl (C=O) groups excluding carboxylic acids is 3. The van der Waals surface area contributed by atoms with E-state index in [0.29, 0.717) is 30.6 Å². The fourth-order valence-electron chi connectivity index (χ4n) is 3.73. The lowest BCUT2D eigenvalue weighted by molar-refractivity contribution is -0.128. The number of amides is 3. The highest BCUT2D eigenvalue weighted by Crippen LogP contribution is 2.24. The summed E-state index contributed by atoms with van der Waals surface area (Å²) < 4.78 is 0. The molecule has 0 radical (unpaired) electrons. The predicted octanol–water partition coefficient (Wildman–Crippen LogP) is 3.19. The van der Waals surface area contributed by atoms with Gasteiger partial charge in [0.2, 0.25) is 11.8 Å². The van der Waals surface area contributed by atoms with Crippen molar-refractivity contribution in [2.75, 3.05) is 23.3 Å². The molecule has 6 nitrogen and oxygen atoms in total. The van der Waals surface area contributed by atoms with E-state index < -0.39 is 0 Å². The minimum atomic E-state index is -0.200. The second-order valence-electron chi connectivity index (χ2n) is 7.27. The number of carbonyl (C=O) groups is 3. The summed E-state index contributed by atoms with van der Waals surface area (Å²) >= 11 is 0. The van der Waals surface area contributed by atoms with Crippen molar-refractivity contribution in [1.82, 2.24) is 4.90 Å². The molecular weight excluding hydrogens is 354 g/mol. The van der Waals surface area contributed by atoms with Crippen LogP contribution in [0.15, 0.2) is 48.5 Å². The molecule has 0 spiro atoms. The number of rotatable bonds is 5. The summed E-state index contributed by atoms with van der Waals surface area (Å²) in [6, 6.07) is 14.7. The molecule has 0 aliphatic carbocycles. The topological polar surface area (TPSA) is 69.7 Å². The number of benzene rings is 2. The molecule has 2 aliphatic rings. The van der Waals surface area contributed by atoms with Gasteiger partial charge in [-0.05, 0) is 48.7 Å². The van der Waals surface area contributed by atoms with E-state index in [1.807, 2.05) is 41.3 Å². The molecule has 0 unspecified atom stereocenters. The van der Waals surface area contributed by atoms with Crippen LogP contribution in [0.2, 0.25) is 0 Å². The molecule has 4 rings (SSSR count). The minimum absolute atomic E-state index is 0.121. The molecule has 28 heavy (non-hydrogen) atoms. The third-order valence-electron chi connectivity index (χ3n) is 5.25. The van der Waals surface area contributed by atoms with Crippen LogP contribution in [0, 0.1) is 0 Å². The van der Waals surface area contributed by atoms with Crippen LogP contribution < -0.4 is 10.2 Å². The minimum Gasteiger partial charge on any atom is -0.338 e. The lowest BCUT2D eigenvalue weighted by atomic mass is 10.1. The van der Waals surface area contributed by atoms with Crippen LogP contribution in [0.4, 0.5) is 11.4 Å². The molecule has 3 amide bonds. The molecule has 2 fully saturated rings. The molecule has 2 aromatic carbocycles. The van der Waals surface area contributed by atoms with Crippen molar-refractivity contribution in [1.29, 1.82) is 0 Å². The van der Waals surface area contributed by atoms with Gasteiger partial charge in [-0.3, -0.25) is 14.4 Å². The van der Waals surface area contributed by atoms with Crippen LogP contribution in [-0.4, -0.2) is 35.7 Å². The Morgan fingerprint density at radius 2 is 1.68 bits per heavy atom. The molecule has 2 heterocycles. The Morgan fingerprint density at radius 1 is 0.929 bits per heavy atom. The monoisotopic (exact) mass is 377 g/mol. The number of nitrogens with one attached hydrogen (secondary N) is 1. The van der Waals surface area contributed by atoms with E-state index in [2.05, 4.69) is 5.32 Å². The zero-order chi connectivity index (χ0) is 19.5. The molecule has 6 heteroatoms. The van der Waals surface area contributed by atoms with Gasteiger partial charge in [0, 0.05) is 49.4 Å². The van der Waals surface area contributed by atoms with Crippen molar-refractivity contribution in [3.8, 4) is 0 Å². The van der Waals surface area contributed by atoms with Crippen LogP contribution in [0.3, 0.4) is 0 Å². The van der Waals surface area contributed by atoms with Crippen molar-refractivity contribution in [2.24, 2.45) is 0 Å². The number of anilines is 2. The Balaban J connectivity index is 1.41. The van der Waals surface area contributed by atoms with E-state index in [0.717, 1.165) is 37.2 Å². The third kappa shape index (κ3) is 3.91. The Morgan fingerprint density at radius 3 is 2.36 bits per heavy atom. The Labute approximate surface area is 164 Å². The molecule has 2 aromatic rings. The molecule has 0 aromatic heterocycles. The van der Waals surface area contributed by atoms with Gasteiger partial charge in [0.15, 0.2) is 0 Å². The second kappa shape index (κ2) is 7.84. The summed E-state index contributed by atoms with van der Waals surface area (Å²) in [5, 5.41) is 2.90. The molecular formula is C22H23N3O3. The predicted molar refractivity (Wildman–Crippen MR) is 107 cm³/mol. The van der Waals surface area contributed by atoms with Gasteiger partial charge >= 0.3 is 0 Å². The normalized spacial score (nSPS) is 16.7. The lowest BCUT2D eigenvalue weighted by Crippen LogP contribution is -2.24. The van der Waals surface area contributed by atoms with Crippen LogP contribution >= 0.6 is 0 Å². The van der Waals surface area contributed by atoms with E-state index in [-0.39, 0.29) is 17.7 Å². The molecule has 2 saturated heterocycles. The van der Waals surface area contributed by atoms with Crippen LogP contribution in [0.25, 0.3) is 0 Å². The molecule has 0 atom stereocenters. The van der Waals surface area contributed by atoms with E-state index in [1.54, 1.807) is 17.0 Å². The summed E-state index contributed by atoms with van der Waals surface area (Å²) in [6.45, 7) is 2.11. The van der Waals surface area contributed by atoms with Gasteiger partial charge in [-0.15, -0.1) is 0 Å². The average molecular weight is 377 g/mol. The number of nitrogens with zero attached hydrogens (tertiary/aromatic N) is 2. The standard InChI is InChI=1S/C22H23N3O3/c26-20-6-2-12-24(20)15-16-8-10-17(11-9-16)22(28)23-18-4-1-5-19(14-18)25-13-3-7-21(25)27/h1,4-5,8-11,14H,2-3,6-7,12-13,15H2,(H,23,28). The number of hydrogen-bond acceptors (Lipinski definition) is 3. The Bertz CT molecular complexity index is 907. The third-order valence-corrected chi connectivity index (χ3v) is 5.25. The lowest BCUT2D eigenvalue weighted by Gasteiger charge is -2.17. The summed E-state index contributed by atoms with van der Waals surface area (Å²) in [7, 11) is 0. The fourth-order valence-corrected chi connectivity index (χ4v) is 3.73. The quantitative estimate of drug-likeness (QED) is 0.870. The maximum atomic E-state index is 12.6. The first kappa shape index (κ1) is 18.2. The second-order valence-corrected chi connectivity index (χ2v) is 7.27. The highest BCUT2D eigenvalue weighted by atomic mass is 16.2. The molecule has 144 valence electrons. The number of likely N-dealkylation sites (tertiary alicyclic amines) is 1. The van der Waals surface area contributed by atoms with Gasteiger partial charge in [0.05, 0.1) is 0 Å². The van der Waals surface area contributed by atoms with Crippen molar-refractivity contribution >= 4 is 29.1 Å². The SMILES string of the molecule is O=C(Nc1cccc(N2CCCC2=O)c1)c1ccc(CN2CCCC2=O)cc1. The van der Waals surface area contributed by atoms with Crippen LogP contribution in [0.1, 0.15) is 41.6 Å². The Hall–Kier alpha value is -3.15. The smallest absolute Gasteiger partial charge is 0.255 e. The Kier molecular flexibility index (Phi) is 5.10. The van der Waals surface area contributed by atoms with E-state index >= 15 is 0 Å². The maximum Gasteiger partial charge on any atom is 0.255 e. The van der Waals surface area contributed by atoms with Gasteiger partial charge < -0.3 is 15.1 Å². The first-order valence-electron chi connectivity index (χ1n) is 9.69. The first-order chi connectivity index (χ1) is 13.6. The first-order valence-corrected chi connectivity index (χ1v) is 9.69. The van der Waals surface area contributed by atoms with E-state index in [9.17, 15) is 14.4 Å². The fraction of sp³-hybridized carbons (Fsp3) is 0.318. The molecule has 0 saturated carbocycles. The van der Waals surface area contributed by atoms with Crippen molar-refractivity contribution < 1.29 is 14.4 Å². The van der Waals surface area contributed by atoms with Crippen LogP contribution in [0.5, 0.6) is 0 Å². The van der Waals surface area contributed by atoms with E-state index in [4.69, 9.17) is 0 Å². The zero-order valence-corrected chi connectivity index (χ0v) is 15.7. The van der Waals surface area contributed by atoms with Gasteiger partial charge in [0.25, 0.3) is 5.91 Å². The molecule has 0 bridgehead atoms. The van der Waals surface area contributed by atoms with Gasteiger partial charge in [-0.2, -0.15) is 0 Å². The van der Waals surface area contributed by atoms with Crippen molar-refractivity contribution in [3.63, 3.8) is 0 Å². The van der Waals surface area contributed by atoms with Crippen LogP contribution in [-0.2, 0) is 16.1 Å². The molecule has 2 aliphatic heterocycles. The average Bonchev–Trinajstić information content (AvgIpc) is 3.31. The van der Waals surface area contributed by atoms with Gasteiger partial charge in [0.1, 0.15) is 0 Å².